The van der Waals surface area contributed by atoms with Crippen LogP contribution in [0.3, 0.4) is 0 Å². The summed E-state index contributed by atoms with van der Waals surface area (Å²) >= 11 is 12.4. The molecular weight excluding hydrogens is 475 g/mol. The second kappa shape index (κ2) is 11.4. The summed E-state index contributed by atoms with van der Waals surface area (Å²) in [6.45, 7) is 7.67. The molecular formula is C24H32Cl2N6O2. The molecule has 0 aliphatic carbocycles. The van der Waals surface area contributed by atoms with Crippen LogP contribution in [0.5, 0.6) is 0 Å². The highest BCUT2D eigenvalue weighted by molar-refractivity contribution is 6.35. The predicted octanol–water partition coefficient (Wildman–Crippen LogP) is 4.46. The van der Waals surface area contributed by atoms with Crippen molar-refractivity contribution in [3.63, 3.8) is 0 Å². The molecule has 1 aromatic carbocycles. The number of hydrogen-bond acceptors (Lipinski definition) is 7. The lowest BCUT2D eigenvalue weighted by atomic mass is 9.80. The first-order chi connectivity index (χ1) is 16.4. The van der Waals surface area contributed by atoms with Crippen molar-refractivity contribution in [1.29, 1.82) is 0 Å². The first-order valence-corrected chi connectivity index (χ1v) is 12.5. The molecule has 0 saturated carbocycles. The second-order valence-corrected chi connectivity index (χ2v) is 9.92. The highest BCUT2D eigenvalue weighted by Gasteiger charge is 2.36. The molecule has 0 radical (unpaired) electrons. The summed E-state index contributed by atoms with van der Waals surface area (Å²) in [5.74, 6) is 2.94. The first-order valence-electron chi connectivity index (χ1n) is 11.8. The summed E-state index contributed by atoms with van der Waals surface area (Å²) in [4.78, 5) is 25.2. The molecule has 2 saturated heterocycles. The minimum Gasteiger partial charge on any atom is -0.453 e. The van der Waals surface area contributed by atoms with Crippen LogP contribution in [0.25, 0.3) is 0 Å². The summed E-state index contributed by atoms with van der Waals surface area (Å²) in [7, 11) is 1.39. The van der Waals surface area contributed by atoms with Gasteiger partial charge in [-0.2, -0.15) is 0 Å². The van der Waals surface area contributed by atoms with Gasteiger partial charge in [0.1, 0.15) is 11.6 Å². The molecule has 2 N–H and O–H groups in total. The van der Waals surface area contributed by atoms with E-state index >= 15 is 0 Å². The maximum atomic E-state index is 11.3. The van der Waals surface area contributed by atoms with Crippen molar-refractivity contribution >= 4 is 40.9 Å². The third-order valence-electron chi connectivity index (χ3n) is 6.74. The molecule has 2 aliphatic rings. The van der Waals surface area contributed by atoms with Gasteiger partial charge >= 0.3 is 6.09 Å². The number of carbonyl (C=O) groups excluding carboxylic acids is 1. The molecule has 0 spiro atoms. The van der Waals surface area contributed by atoms with Crippen LogP contribution in [-0.4, -0.2) is 67.3 Å². The Hall–Kier alpha value is -2.29. The van der Waals surface area contributed by atoms with Gasteiger partial charge in [-0.05, 0) is 55.8 Å². The van der Waals surface area contributed by atoms with Gasteiger partial charge < -0.3 is 25.2 Å². The topological polar surface area (TPSA) is 82.6 Å². The van der Waals surface area contributed by atoms with Gasteiger partial charge in [-0.3, -0.25) is 4.98 Å². The van der Waals surface area contributed by atoms with Gasteiger partial charge in [0, 0.05) is 42.8 Å². The van der Waals surface area contributed by atoms with Crippen molar-refractivity contribution in [3.05, 3.63) is 46.2 Å². The average molecular weight is 507 g/mol. The zero-order valence-electron chi connectivity index (χ0n) is 19.6. The van der Waals surface area contributed by atoms with E-state index in [0.29, 0.717) is 28.4 Å². The smallest absolute Gasteiger partial charge is 0.406 e. The molecule has 4 rings (SSSR count). The Morgan fingerprint density at radius 1 is 1.24 bits per heavy atom. The summed E-state index contributed by atoms with van der Waals surface area (Å²) in [6.07, 6.45) is 5.65. The summed E-state index contributed by atoms with van der Waals surface area (Å²) < 4.78 is 4.64. The second-order valence-electron chi connectivity index (χ2n) is 9.08. The Kier molecular flexibility index (Phi) is 8.34. The Labute approximate surface area is 211 Å². The van der Waals surface area contributed by atoms with Crippen LogP contribution < -0.4 is 15.5 Å². The lowest BCUT2D eigenvalue weighted by molar-refractivity contribution is 0.118. The number of carbonyl (C=O) groups is 1. The molecule has 1 aromatic heterocycles. The number of methoxy groups -OCH3 is 1. The minimum absolute atomic E-state index is 0.0275. The van der Waals surface area contributed by atoms with Gasteiger partial charge in [-0.15, -0.1) is 0 Å². The van der Waals surface area contributed by atoms with Crippen LogP contribution in [-0.2, 0) is 4.74 Å². The number of benzene rings is 1. The van der Waals surface area contributed by atoms with Gasteiger partial charge in [0.25, 0.3) is 0 Å². The monoisotopic (exact) mass is 506 g/mol. The van der Waals surface area contributed by atoms with Crippen molar-refractivity contribution in [2.75, 3.05) is 56.6 Å². The van der Waals surface area contributed by atoms with E-state index in [-0.39, 0.29) is 12.1 Å². The zero-order valence-corrected chi connectivity index (χ0v) is 21.1. The van der Waals surface area contributed by atoms with E-state index in [9.17, 15) is 4.79 Å². The maximum Gasteiger partial charge on any atom is 0.406 e. The van der Waals surface area contributed by atoms with Gasteiger partial charge in [0.2, 0.25) is 0 Å². The van der Waals surface area contributed by atoms with Crippen LogP contribution in [0.4, 0.5) is 16.4 Å². The number of nitrogens with zero attached hydrogens (tertiary/aromatic N) is 4. The number of aromatic nitrogens is 2. The molecule has 2 fully saturated rings. The van der Waals surface area contributed by atoms with E-state index in [2.05, 4.69) is 30.2 Å². The number of likely N-dealkylation sites (tertiary alicyclic amines) is 1. The van der Waals surface area contributed by atoms with Crippen molar-refractivity contribution < 1.29 is 9.53 Å². The van der Waals surface area contributed by atoms with E-state index in [1.54, 1.807) is 12.3 Å². The van der Waals surface area contributed by atoms with Crippen molar-refractivity contribution in [2.24, 2.45) is 11.8 Å². The first kappa shape index (κ1) is 24.8. The quantitative estimate of drug-likeness (QED) is 0.546. The lowest BCUT2D eigenvalue weighted by Crippen LogP contribution is -2.54. The Morgan fingerprint density at radius 2 is 2.06 bits per heavy atom. The lowest BCUT2D eigenvalue weighted by Gasteiger charge is -2.47. The van der Waals surface area contributed by atoms with Crippen LogP contribution in [0.2, 0.25) is 10.0 Å². The number of anilines is 2. The Morgan fingerprint density at radius 3 is 2.82 bits per heavy atom. The number of ether oxygens (including phenoxy) is 1. The maximum absolute atomic E-state index is 11.3. The Balaban J connectivity index is 1.27. The fraction of sp³-hybridized carbons (Fsp3) is 0.542. The minimum atomic E-state index is -0.369. The molecule has 3 heterocycles. The molecule has 0 bridgehead atoms. The van der Waals surface area contributed by atoms with Gasteiger partial charge in [-0.1, -0.05) is 29.3 Å². The van der Waals surface area contributed by atoms with Gasteiger partial charge in [-0.25, -0.2) is 9.78 Å². The van der Waals surface area contributed by atoms with Crippen molar-refractivity contribution in [1.82, 2.24) is 20.2 Å². The number of piperidine rings is 1. The van der Waals surface area contributed by atoms with E-state index in [0.717, 1.165) is 49.9 Å². The molecule has 8 nitrogen and oxygen atoms in total. The standard InChI is InChI=1S/C24H32Cl2N6O2/c1-16(20-6-5-19(25)10-21(20)26)29-22-11-27-12-23(30-22)32-14-18(15-32)17-4-3-8-31(13-17)9-7-28-24(33)34-2/h5-6,10-12,16-18H,3-4,7-9,13-15H2,1-2H3,(H,28,33)(H,29,30)/t16-,17-/m1/s1. The Bertz CT molecular complexity index is 988. The fourth-order valence-corrected chi connectivity index (χ4v) is 5.37. The van der Waals surface area contributed by atoms with Crippen LogP contribution >= 0.6 is 23.2 Å². The van der Waals surface area contributed by atoms with Crippen LogP contribution in [0.15, 0.2) is 30.6 Å². The molecule has 1 amide bonds. The van der Waals surface area contributed by atoms with E-state index in [4.69, 9.17) is 28.2 Å². The number of halogens is 2. The number of hydrogen-bond donors (Lipinski definition) is 2. The molecule has 2 atom stereocenters. The number of rotatable bonds is 8. The van der Waals surface area contributed by atoms with Crippen LogP contribution in [0, 0.1) is 11.8 Å². The van der Waals surface area contributed by atoms with Gasteiger partial charge in [0.15, 0.2) is 0 Å². The predicted molar refractivity (Wildman–Crippen MR) is 136 cm³/mol. The number of alkyl carbamates (subject to hydrolysis) is 1. The molecule has 10 heteroatoms. The van der Waals surface area contributed by atoms with Crippen molar-refractivity contribution in [3.8, 4) is 0 Å². The van der Waals surface area contributed by atoms with Crippen LogP contribution in [0.1, 0.15) is 31.4 Å². The third kappa shape index (κ3) is 6.23. The third-order valence-corrected chi connectivity index (χ3v) is 7.30. The normalized spacial score (nSPS) is 19.9. The molecule has 2 aromatic rings. The van der Waals surface area contributed by atoms with Crippen molar-refractivity contribution in [2.45, 2.75) is 25.8 Å². The fourth-order valence-electron chi connectivity index (χ4n) is 4.80. The SMILES string of the molecule is COC(=O)NCCN1CCC[C@@H](C2CN(c3cncc(N[C@H](C)c4ccc(Cl)cc4Cl)n3)C2)C1. The highest BCUT2D eigenvalue weighted by atomic mass is 35.5. The summed E-state index contributed by atoms with van der Waals surface area (Å²) in [5.41, 5.74) is 0.964. The average Bonchev–Trinajstić information content (AvgIpc) is 2.78. The van der Waals surface area contributed by atoms with E-state index in [1.807, 2.05) is 25.3 Å². The highest BCUT2D eigenvalue weighted by Crippen LogP contribution is 2.34. The zero-order chi connectivity index (χ0) is 24.1. The number of nitrogens with one attached hydrogen (secondary N) is 2. The molecule has 34 heavy (non-hydrogen) atoms. The van der Waals surface area contributed by atoms with E-state index < -0.39 is 0 Å². The molecule has 2 aliphatic heterocycles. The summed E-state index contributed by atoms with van der Waals surface area (Å²) in [5, 5.41) is 7.42. The molecule has 0 unspecified atom stereocenters. The largest absolute Gasteiger partial charge is 0.453 e. The van der Waals surface area contributed by atoms with E-state index in [1.165, 1.54) is 20.0 Å². The molecule has 184 valence electrons. The summed E-state index contributed by atoms with van der Waals surface area (Å²) in [6, 6.07) is 5.49. The number of amides is 1. The van der Waals surface area contributed by atoms with Gasteiger partial charge in [0.05, 0.1) is 25.5 Å².